The van der Waals surface area contributed by atoms with Gasteiger partial charge >= 0.3 is 0 Å². The zero-order valence-electron chi connectivity index (χ0n) is 25.7. The third-order valence-electron chi connectivity index (χ3n) is 8.99. The van der Waals surface area contributed by atoms with Gasteiger partial charge < -0.3 is 18.7 Å². The minimum atomic E-state index is -2.71. The van der Waals surface area contributed by atoms with Gasteiger partial charge in [-0.25, -0.2) is 0 Å². The molecule has 0 radical (unpaired) electrons. The first-order chi connectivity index (χ1) is 19.0. The summed E-state index contributed by atoms with van der Waals surface area (Å²) in [7, 11) is -2.71. The summed E-state index contributed by atoms with van der Waals surface area (Å²) in [5, 5.41) is 2.51. The van der Waals surface area contributed by atoms with E-state index in [-0.39, 0.29) is 29.3 Å². The Balaban J connectivity index is 1.72. The third kappa shape index (κ3) is 6.87. The molecule has 2 aromatic rings. The molecule has 2 heterocycles. The number of hydrogen-bond donors (Lipinski definition) is 0. The van der Waals surface area contributed by atoms with E-state index in [9.17, 15) is 4.79 Å². The quantitative estimate of drug-likeness (QED) is 0.184. The molecular weight excluding hydrogens is 512 g/mol. The molecule has 0 amide bonds. The van der Waals surface area contributed by atoms with Crippen LogP contribution in [0.15, 0.2) is 72.3 Å². The van der Waals surface area contributed by atoms with Gasteiger partial charge in [-0.15, -0.1) is 0 Å². The number of carbonyl (C=O) groups excluding carboxylic acids is 1. The Kier molecular flexibility index (Phi) is 9.93. The first-order valence-corrected chi connectivity index (χ1v) is 17.1. The molecule has 2 aromatic carbocycles. The van der Waals surface area contributed by atoms with E-state index in [4.69, 9.17) is 13.9 Å². The van der Waals surface area contributed by atoms with E-state index in [2.05, 4.69) is 108 Å². The Labute approximate surface area is 243 Å². The predicted molar refractivity (Wildman–Crippen MR) is 166 cm³/mol. The fraction of sp³-hybridized carbons (Fsp3) is 0.571. The highest BCUT2D eigenvalue weighted by atomic mass is 28.4. The standard InChI is InChI=1S/C35H50O4Si/c1-26(22-27(2)25-36)18-19-30-23-31(24-35(38-30)21-20-28(3)29(4)37-35)39-40(34(5,6)7,32-14-10-8-11-15-32)33-16-12-9-13-17-33/h8-18,25,27-31H,19-24H2,1-7H3/b26-18-/t27-,28+,29-,30-,31-,35+/m1/s1. The van der Waals surface area contributed by atoms with Crippen molar-refractivity contribution >= 4 is 25.0 Å². The molecule has 1 spiro atoms. The topological polar surface area (TPSA) is 44.8 Å². The average molecular weight is 563 g/mol. The molecule has 2 aliphatic rings. The van der Waals surface area contributed by atoms with Crippen molar-refractivity contribution in [2.45, 2.75) is 116 Å². The lowest BCUT2D eigenvalue weighted by Crippen LogP contribution is -2.68. The molecule has 2 aliphatic heterocycles. The molecule has 0 aliphatic carbocycles. The number of rotatable bonds is 9. The minimum Gasteiger partial charge on any atom is -0.404 e. The van der Waals surface area contributed by atoms with E-state index in [0.29, 0.717) is 5.92 Å². The average Bonchev–Trinajstić information content (AvgIpc) is 2.93. The highest BCUT2D eigenvalue weighted by Crippen LogP contribution is 2.45. The molecular formula is C35H50O4Si. The Morgan fingerprint density at radius 1 is 1.05 bits per heavy atom. The summed E-state index contributed by atoms with van der Waals surface area (Å²) in [4.78, 5) is 11.2. The predicted octanol–water partition coefficient (Wildman–Crippen LogP) is 7.20. The van der Waals surface area contributed by atoms with Crippen LogP contribution in [-0.2, 0) is 18.7 Å². The van der Waals surface area contributed by atoms with Crippen LogP contribution in [0.25, 0.3) is 0 Å². The zero-order chi connectivity index (χ0) is 29.0. The van der Waals surface area contributed by atoms with Crippen molar-refractivity contribution < 1.29 is 18.7 Å². The largest absolute Gasteiger partial charge is 0.404 e. The highest BCUT2D eigenvalue weighted by molar-refractivity contribution is 6.99. The van der Waals surface area contributed by atoms with E-state index in [1.807, 2.05) is 6.92 Å². The zero-order valence-corrected chi connectivity index (χ0v) is 26.7. The lowest BCUT2D eigenvalue weighted by Gasteiger charge is -2.52. The highest BCUT2D eigenvalue weighted by Gasteiger charge is 2.54. The van der Waals surface area contributed by atoms with Crippen molar-refractivity contribution in [3.8, 4) is 0 Å². The summed E-state index contributed by atoms with van der Waals surface area (Å²) in [5.74, 6) is -0.0781. The molecule has 2 saturated heterocycles. The Morgan fingerprint density at radius 3 is 2.17 bits per heavy atom. The van der Waals surface area contributed by atoms with Gasteiger partial charge in [0.1, 0.15) is 6.29 Å². The molecule has 2 fully saturated rings. The minimum absolute atomic E-state index is 0.000872. The number of aldehydes is 1. The van der Waals surface area contributed by atoms with Crippen molar-refractivity contribution in [2.24, 2.45) is 11.8 Å². The summed E-state index contributed by atoms with van der Waals surface area (Å²) in [6, 6.07) is 21.8. The second-order valence-corrected chi connectivity index (χ2v) is 17.7. The molecule has 5 heteroatoms. The number of ether oxygens (including phenoxy) is 2. The van der Waals surface area contributed by atoms with Crippen molar-refractivity contribution in [1.29, 1.82) is 0 Å². The van der Waals surface area contributed by atoms with Crippen molar-refractivity contribution in [3.05, 3.63) is 72.3 Å². The van der Waals surface area contributed by atoms with Crippen LogP contribution in [0, 0.1) is 11.8 Å². The summed E-state index contributed by atoms with van der Waals surface area (Å²) in [6.07, 6.45) is 8.59. The Morgan fingerprint density at radius 2 is 1.65 bits per heavy atom. The summed E-state index contributed by atoms with van der Waals surface area (Å²) in [5.41, 5.74) is 1.24. The van der Waals surface area contributed by atoms with Gasteiger partial charge in [0, 0.05) is 18.8 Å². The monoisotopic (exact) mass is 562 g/mol. The molecule has 0 N–H and O–H groups in total. The van der Waals surface area contributed by atoms with Gasteiger partial charge in [-0.1, -0.05) is 107 Å². The number of hydrogen-bond acceptors (Lipinski definition) is 4. The summed E-state index contributed by atoms with van der Waals surface area (Å²) in [6.45, 7) is 15.6. The molecule has 4 nitrogen and oxygen atoms in total. The maximum absolute atomic E-state index is 11.2. The van der Waals surface area contributed by atoms with Gasteiger partial charge in [0.25, 0.3) is 8.32 Å². The van der Waals surface area contributed by atoms with Gasteiger partial charge in [0.05, 0.1) is 18.3 Å². The molecule has 0 bridgehead atoms. The van der Waals surface area contributed by atoms with Crippen molar-refractivity contribution in [1.82, 2.24) is 0 Å². The van der Waals surface area contributed by atoms with E-state index in [0.717, 1.165) is 44.8 Å². The molecule has 0 saturated carbocycles. The first kappa shape index (κ1) is 30.9. The van der Waals surface area contributed by atoms with E-state index >= 15 is 0 Å². The molecule has 0 unspecified atom stereocenters. The second-order valence-electron chi connectivity index (χ2n) is 13.4. The van der Waals surface area contributed by atoms with Crippen LogP contribution in [0.5, 0.6) is 0 Å². The number of benzene rings is 2. The van der Waals surface area contributed by atoms with Gasteiger partial charge in [-0.05, 0) is 60.9 Å². The maximum Gasteiger partial charge on any atom is 0.261 e. The molecule has 218 valence electrons. The Hall–Kier alpha value is -2.05. The van der Waals surface area contributed by atoms with Gasteiger partial charge in [0.15, 0.2) is 5.79 Å². The second kappa shape index (κ2) is 12.9. The SMILES string of the molecule is C/C(=C/C[C@@H]1C[C@@H](O[Si](c2ccccc2)(c2ccccc2)C(C)(C)C)C[C@]2(CC[C@H](C)[C@@H](C)O2)O1)C[C@@H](C)C=O. The Bertz CT molecular complexity index is 1090. The van der Waals surface area contributed by atoms with Crippen LogP contribution < -0.4 is 10.4 Å². The van der Waals surface area contributed by atoms with Crippen LogP contribution in [0.2, 0.25) is 5.04 Å². The van der Waals surface area contributed by atoms with Crippen LogP contribution in [-0.4, -0.2) is 38.7 Å². The van der Waals surface area contributed by atoms with Crippen LogP contribution in [0.3, 0.4) is 0 Å². The number of allylic oxidation sites excluding steroid dienone is 1. The maximum atomic E-state index is 11.2. The van der Waals surface area contributed by atoms with E-state index in [1.165, 1.54) is 15.9 Å². The fourth-order valence-electron chi connectivity index (χ4n) is 6.70. The smallest absolute Gasteiger partial charge is 0.261 e. The van der Waals surface area contributed by atoms with E-state index in [1.54, 1.807) is 0 Å². The lowest BCUT2D eigenvalue weighted by molar-refractivity contribution is -0.330. The van der Waals surface area contributed by atoms with Gasteiger partial charge in [-0.2, -0.15) is 0 Å². The molecule has 40 heavy (non-hydrogen) atoms. The lowest BCUT2D eigenvalue weighted by atomic mass is 9.86. The molecule has 6 atom stereocenters. The summed E-state index contributed by atoms with van der Waals surface area (Å²) >= 11 is 0. The molecule has 0 aromatic heterocycles. The normalized spacial score (nSPS) is 28.8. The van der Waals surface area contributed by atoms with Crippen LogP contribution in [0.1, 0.15) is 87.0 Å². The third-order valence-corrected chi connectivity index (χ3v) is 14.1. The van der Waals surface area contributed by atoms with Crippen molar-refractivity contribution in [2.75, 3.05) is 0 Å². The molecule has 4 rings (SSSR count). The van der Waals surface area contributed by atoms with Crippen molar-refractivity contribution in [3.63, 3.8) is 0 Å². The van der Waals surface area contributed by atoms with Crippen LogP contribution >= 0.6 is 0 Å². The van der Waals surface area contributed by atoms with Gasteiger partial charge in [-0.3, -0.25) is 0 Å². The van der Waals surface area contributed by atoms with Gasteiger partial charge in [0.2, 0.25) is 0 Å². The fourth-order valence-corrected chi connectivity index (χ4v) is 11.4. The van der Waals surface area contributed by atoms with Crippen LogP contribution in [0.4, 0.5) is 0 Å². The summed E-state index contributed by atoms with van der Waals surface area (Å²) < 4.78 is 21.2. The number of carbonyl (C=O) groups is 1. The first-order valence-electron chi connectivity index (χ1n) is 15.2. The van der Waals surface area contributed by atoms with E-state index < -0.39 is 14.1 Å².